The fraction of sp³-hybridized carbons (Fsp3) is 0.286. The summed E-state index contributed by atoms with van der Waals surface area (Å²) in [6.45, 7) is 1.75. The highest BCUT2D eigenvalue weighted by Gasteiger charge is 2.57. The molecule has 0 saturated carbocycles. The average molecular weight is 364 g/mol. The zero-order valence-electron chi connectivity index (χ0n) is 14.9. The SMILES string of the molecule is C[C@@H]1C[C@H](N2C(=O)N[C@@](Cc3ccccc3)(c3ccccc3)C2=O)C(=O)O1. The van der Waals surface area contributed by atoms with Crippen molar-refractivity contribution in [2.45, 2.75) is 37.5 Å². The van der Waals surface area contributed by atoms with Gasteiger partial charge in [0.15, 0.2) is 5.54 Å². The Hall–Kier alpha value is -3.15. The molecule has 3 amide bonds. The maximum Gasteiger partial charge on any atom is 0.329 e. The largest absolute Gasteiger partial charge is 0.461 e. The first-order valence-electron chi connectivity index (χ1n) is 8.97. The van der Waals surface area contributed by atoms with Crippen LogP contribution >= 0.6 is 0 Å². The zero-order valence-corrected chi connectivity index (χ0v) is 14.9. The first-order chi connectivity index (χ1) is 13.0. The van der Waals surface area contributed by atoms with Crippen LogP contribution in [-0.2, 0) is 26.3 Å². The number of hydrogen-bond donors (Lipinski definition) is 1. The lowest BCUT2D eigenvalue weighted by Gasteiger charge is -2.28. The number of rotatable bonds is 4. The van der Waals surface area contributed by atoms with Gasteiger partial charge in [-0.25, -0.2) is 14.5 Å². The third-order valence-corrected chi connectivity index (χ3v) is 5.16. The normalized spacial score (nSPS) is 27.6. The van der Waals surface area contributed by atoms with Crippen molar-refractivity contribution >= 4 is 17.9 Å². The second kappa shape index (κ2) is 6.54. The number of amides is 3. The summed E-state index contributed by atoms with van der Waals surface area (Å²) in [5.41, 5.74) is 0.361. The number of nitrogens with zero attached hydrogens (tertiary/aromatic N) is 1. The monoisotopic (exact) mass is 364 g/mol. The van der Waals surface area contributed by atoms with Crippen molar-refractivity contribution in [3.63, 3.8) is 0 Å². The second-order valence-electron chi connectivity index (χ2n) is 7.04. The Balaban J connectivity index is 1.76. The minimum atomic E-state index is -1.24. The molecule has 2 aromatic carbocycles. The van der Waals surface area contributed by atoms with Gasteiger partial charge in [-0.05, 0) is 18.1 Å². The lowest BCUT2D eigenvalue weighted by Crippen LogP contribution is -2.48. The molecule has 27 heavy (non-hydrogen) atoms. The number of carbonyl (C=O) groups is 3. The summed E-state index contributed by atoms with van der Waals surface area (Å²) in [4.78, 5) is 39.5. The topological polar surface area (TPSA) is 75.7 Å². The van der Waals surface area contributed by atoms with E-state index < -0.39 is 29.5 Å². The number of urea groups is 1. The van der Waals surface area contributed by atoms with E-state index in [9.17, 15) is 14.4 Å². The Labute approximate surface area is 157 Å². The van der Waals surface area contributed by atoms with Crippen molar-refractivity contribution in [3.8, 4) is 0 Å². The van der Waals surface area contributed by atoms with Crippen LogP contribution in [-0.4, -0.2) is 35.0 Å². The average Bonchev–Trinajstić information content (AvgIpc) is 3.12. The molecule has 4 rings (SSSR count). The number of cyclic esters (lactones) is 1. The molecule has 0 bridgehead atoms. The van der Waals surface area contributed by atoms with E-state index in [1.807, 2.05) is 60.7 Å². The Morgan fingerprint density at radius 3 is 2.26 bits per heavy atom. The molecule has 2 saturated heterocycles. The van der Waals surface area contributed by atoms with E-state index in [1.54, 1.807) is 6.92 Å². The van der Waals surface area contributed by atoms with Crippen LogP contribution < -0.4 is 5.32 Å². The Bertz CT molecular complexity index is 884. The fourth-order valence-electron chi connectivity index (χ4n) is 3.87. The molecule has 2 heterocycles. The molecular weight excluding hydrogens is 344 g/mol. The molecule has 138 valence electrons. The predicted octanol–water partition coefficient (Wildman–Crippen LogP) is 2.38. The highest BCUT2D eigenvalue weighted by molar-refractivity contribution is 6.10. The Morgan fingerprint density at radius 2 is 1.67 bits per heavy atom. The van der Waals surface area contributed by atoms with Gasteiger partial charge in [0.2, 0.25) is 0 Å². The smallest absolute Gasteiger partial charge is 0.329 e. The molecule has 2 fully saturated rings. The van der Waals surface area contributed by atoms with Gasteiger partial charge in [-0.3, -0.25) is 4.79 Å². The van der Waals surface area contributed by atoms with Crippen molar-refractivity contribution in [2.24, 2.45) is 0 Å². The Morgan fingerprint density at radius 1 is 1.04 bits per heavy atom. The van der Waals surface area contributed by atoms with Gasteiger partial charge in [-0.1, -0.05) is 60.7 Å². The van der Waals surface area contributed by atoms with Crippen LogP contribution in [0.1, 0.15) is 24.5 Å². The van der Waals surface area contributed by atoms with E-state index in [2.05, 4.69) is 5.32 Å². The predicted molar refractivity (Wildman–Crippen MR) is 97.6 cm³/mol. The molecule has 3 atom stereocenters. The number of benzene rings is 2. The molecule has 0 unspecified atom stereocenters. The van der Waals surface area contributed by atoms with E-state index in [-0.39, 0.29) is 6.10 Å². The van der Waals surface area contributed by atoms with Gasteiger partial charge in [0.05, 0.1) is 0 Å². The van der Waals surface area contributed by atoms with Crippen LogP contribution in [0.15, 0.2) is 60.7 Å². The van der Waals surface area contributed by atoms with Crippen LogP contribution in [0.4, 0.5) is 4.79 Å². The number of hydrogen-bond acceptors (Lipinski definition) is 4. The maximum absolute atomic E-state index is 13.5. The summed E-state index contributed by atoms with van der Waals surface area (Å²) in [6, 6.07) is 17.2. The van der Waals surface area contributed by atoms with Crippen molar-refractivity contribution in [2.75, 3.05) is 0 Å². The molecule has 2 aromatic rings. The van der Waals surface area contributed by atoms with Crippen molar-refractivity contribution in [1.29, 1.82) is 0 Å². The van der Waals surface area contributed by atoms with Gasteiger partial charge in [0, 0.05) is 12.8 Å². The molecule has 2 aliphatic rings. The van der Waals surface area contributed by atoms with Crippen molar-refractivity contribution in [3.05, 3.63) is 71.8 Å². The molecule has 2 aliphatic heterocycles. The first-order valence-corrected chi connectivity index (χ1v) is 8.97. The quantitative estimate of drug-likeness (QED) is 0.668. The van der Waals surface area contributed by atoms with Gasteiger partial charge < -0.3 is 10.1 Å². The third kappa shape index (κ3) is 2.87. The molecule has 6 heteroatoms. The van der Waals surface area contributed by atoms with Crippen LogP contribution in [0.25, 0.3) is 0 Å². The standard InChI is InChI=1S/C21H20N2O4/c1-14-12-17(18(24)27-14)23-19(25)21(22-20(23)26,16-10-6-3-7-11-16)13-15-8-4-2-5-9-15/h2-11,14,17H,12-13H2,1H3,(H,22,26)/t14-,17+,21+/m1/s1. The minimum Gasteiger partial charge on any atom is -0.461 e. The third-order valence-electron chi connectivity index (χ3n) is 5.16. The van der Waals surface area contributed by atoms with Crippen LogP contribution in [0.3, 0.4) is 0 Å². The van der Waals surface area contributed by atoms with Crippen molar-refractivity contribution < 1.29 is 19.1 Å². The van der Waals surface area contributed by atoms with Gasteiger partial charge >= 0.3 is 12.0 Å². The van der Waals surface area contributed by atoms with E-state index in [1.165, 1.54) is 0 Å². The lowest BCUT2D eigenvalue weighted by atomic mass is 9.83. The first kappa shape index (κ1) is 17.3. The lowest BCUT2D eigenvalue weighted by molar-refractivity contribution is -0.147. The zero-order chi connectivity index (χ0) is 19.0. The second-order valence-corrected chi connectivity index (χ2v) is 7.04. The summed E-state index contributed by atoms with van der Waals surface area (Å²) >= 11 is 0. The van der Waals surface area contributed by atoms with E-state index in [0.717, 1.165) is 10.5 Å². The minimum absolute atomic E-state index is 0.302. The summed E-state index contributed by atoms with van der Waals surface area (Å²) in [5.74, 6) is -0.951. The van der Waals surface area contributed by atoms with E-state index >= 15 is 0 Å². The van der Waals surface area contributed by atoms with E-state index in [0.29, 0.717) is 18.4 Å². The fourth-order valence-corrected chi connectivity index (χ4v) is 3.87. The van der Waals surface area contributed by atoms with E-state index in [4.69, 9.17) is 4.74 Å². The molecular formula is C21H20N2O4. The number of carbonyl (C=O) groups excluding carboxylic acids is 3. The number of imide groups is 1. The summed E-state index contributed by atoms with van der Waals surface area (Å²) in [7, 11) is 0. The van der Waals surface area contributed by atoms with Gasteiger partial charge in [-0.15, -0.1) is 0 Å². The summed E-state index contributed by atoms with van der Waals surface area (Å²) < 4.78 is 5.16. The molecule has 0 aliphatic carbocycles. The molecule has 0 aromatic heterocycles. The molecule has 0 radical (unpaired) electrons. The highest BCUT2D eigenvalue weighted by Crippen LogP contribution is 2.36. The van der Waals surface area contributed by atoms with Crippen LogP contribution in [0.2, 0.25) is 0 Å². The van der Waals surface area contributed by atoms with Gasteiger partial charge in [0.1, 0.15) is 12.1 Å². The van der Waals surface area contributed by atoms with Gasteiger partial charge in [0.25, 0.3) is 5.91 Å². The Kier molecular flexibility index (Phi) is 4.18. The number of esters is 1. The molecule has 0 spiro atoms. The number of ether oxygens (including phenoxy) is 1. The van der Waals surface area contributed by atoms with Crippen LogP contribution in [0, 0.1) is 0 Å². The summed E-state index contributed by atoms with van der Waals surface area (Å²) in [6.07, 6.45) is 0.300. The molecule has 6 nitrogen and oxygen atoms in total. The molecule has 1 N–H and O–H groups in total. The van der Waals surface area contributed by atoms with Crippen LogP contribution in [0.5, 0.6) is 0 Å². The summed E-state index contributed by atoms with van der Waals surface area (Å²) in [5, 5.41) is 2.87. The highest BCUT2D eigenvalue weighted by atomic mass is 16.6. The van der Waals surface area contributed by atoms with Crippen molar-refractivity contribution in [1.82, 2.24) is 10.2 Å². The maximum atomic E-state index is 13.5. The number of nitrogens with one attached hydrogen (secondary N) is 1. The van der Waals surface area contributed by atoms with Gasteiger partial charge in [-0.2, -0.15) is 0 Å².